The zero-order chi connectivity index (χ0) is 61.7. The third kappa shape index (κ3) is 21.7. The number of allylic oxidation sites excluding steroid dienone is 12. The minimum atomic E-state index is -2.47. The Morgan fingerprint density at radius 3 is 1.96 bits per heavy atom. The van der Waals surface area contributed by atoms with Crippen LogP contribution in [0.25, 0.3) is 0 Å². The van der Waals surface area contributed by atoms with Gasteiger partial charge in [0.25, 0.3) is 0 Å². The van der Waals surface area contributed by atoms with Crippen LogP contribution >= 0.6 is 0 Å². The van der Waals surface area contributed by atoms with Gasteiger partial charge in [-0.1, -0.05) is 105 Å². The van der Waals surface area contributed by atoms with Crippen molar-refractivity contribution in [3.05, 3.63) is 115 Å². The fraction of sp³-hybridized carbons (Fsp3) is 0.650. The van der Waals surface area contributed by atoms with Gasteiger partial charge in [0.15, 0.2) is 12.1 Å². The smallest absolute Gasteiger partial charge is 0.308 e. The molecule has 0 aromatic carbocycles. The standard InChI is InChI=1S/C60H91N3O21/c1-35-19-15-13-11-9-7-5-6-8-10-12-14-16-21-43(83-58-55(75)51(53(73)38(4)82-58)63-34-60(79)56(76)54(74)47(70)33-80-60)30-48-50(57(77)62-26-24-39-20-17-18-25-61-39)46(69)32-59(78,84-48)31-42(66)28-45(68)44(67)23-22-40(64)27-41(65)29-49(71)81-37(3)36(2)52(35)72/h5-21,25,35-38,40-48,50-56,58,63-70,72-76,78-79H,22-24,26-34H2,1-4H3,(H,62,77)/t35-,36-,37-,38+,40+,41+,42-,43-,44+,45+,46-,47+,48?,50?,51-,52+,53+,54+,55-,56-,58?,59+,60+/m0/s1. The lowest BCUT2D eigenvalue weighted by molar-refractivity contribution is -0.323. The van der Waals surface area contributed by atoms with E-state index in [0.717, 1.165) is 0 Å². The molecule has 23 atom stereocenters. The van der Waals surface area contributed by atoms with Crippen LogP contribution in [0.3, 0.4) is 0 Å². The van der Waals surface area contributed by atoms with E-state index in [2.05, 4.69) is 15.6 Å². The number of hydrogen-bond acceptors (Lipinski definition) is 23. The molecular weight excluding hydrogens is 1100 g/mol. The first-order valence-corrected chi connectivity index (χ1v) is 28.8. The molecule has 0 aliphatic carbocycles. The summed E-state index contributed by atoms with van der Waals surface area (Å²) in [7, 11) is 0. The average molecular weight is 1190 g/mol. The van der Waals surface area contributed by atoms with Crippen LogP contribution in [0.2, 0.25) is 0 Å². The fourth-order valence-electron chi connectivity index (χ4n) is 10.5. The van der Waals surface area contributed by atoms with Gasteiger partial charge in [0.1, 0.15) is 30.5 Å². The summed E-state index contributed by atoms with van der Waals surface area (Å²) in [5, 5.41) is 160. The highest BCUT2D eigenvalue weighted by molar-refractivity contribution is 5.80. The summed E-state index contributed by atoms with van der Waals surface area (Å²) in [6.07, 6.45) is -1.43. The van der Waals surface area contributed by atoms with Gasteiger partial charge in [-0.3, -0.25) is 14.6 Å². The molecule has 4 aliphatic heterocycles. The minimum absolute atomic E-state index is 0.0809. The second-order valence-corrected chi connectivity index (χ2v) is 22.6. The maximum atomic E-state index is 14.2. The van der Waals surface area contributed by atoms with Gasteiger partial charge in [-0.25, -0.2) is 0 Å². The van der Waals surface area contributed by atoms with E-state index in [9.17, 15) is 81.1 Å². The molecular formula is C60H91N3O21. The minimum Gasteiger partial charge on any atom is -0.462 e. The van der Waals surface area contributed by atoms with Crippen LogP contribution in [-0.4, -0.2) is 230 Å². The zero-order valence-corrected chi connectivity index (χ0v) is 48.1. The van der Waals surface area contributed by atoms with E-state index in [4.69, 9.17) is 23.7 Å². The number of cyclic esters (lactones) is 1. The number of aromatic nitrogens is 1. The molecule has 84 heavy (non-hydrogen) atoms. The number of nitrogens with zero attached hydrogens (tertiary/aromatic N) is 1. The van der Waals surface area contributed by atoms with E-state index in [1.54, 1.807) is 111 Å². The molecule has 5 heterocycles. The van der Waals surface area contributed by atoms with Crippen molar-refractivity contribution in [1.29, 1.82) is 0 Å². The van der Waals surface area contributed by atoms with Gasteiger partial charge in [-0.2, -0.15) is 0 Å². The summed E-state index contributed by atoms with van der Waals surface area (Å²) < 4.78 is 29.5. The number of fused-ring (bicyclic) bond motifs is 2. The Hall–Kier alpha value is -4.49. The lowest BCUT2D eigenvalue weighted by Crippen LogP contribution is -2.69. The third-order valence-electron chi connectivity index (χ3n) is 15.7. The highest BCUT2D eigenvalue weighted by Crippen LogP contribution is 2.38. The highest BCUT2D eigenvalue weighted by atomic mass is 16.7. The lowest BCUT2D eigenvalue weighted by atomic mass is 9.82. The van der Waals surface area contributed by atoms with Crippen molar-refractivity contribution in [1.82, 2.24) is 15.6 Å². The van der Waals surface area contributed by atoms with Crippen LogP contribution < -0.4 is 10.6 Å². The molecule has 2 bridgehead atoms. The molecule has 0 saturated carbocycles. The SMILES string of the molecule is C[C@@H]1[C@H](O)[C@@H](C)C=CC=CC=CC=CC=CC=CC=C[C@H](OC2O[C@H](C)[C@@H](O)[C@H](NC[C@@]3(O)OC[C@@H](O)[C@@H](O)[C@@H]3O)[C@@H]2O)CC2O[C@](O)(C[C@@H](O)C[C@@H](O)[C@H](O)CC[C@@H](O)C[C@@H](O)CC(=O)O[C@H]1C)C[C@H](O)C2C(=O)NCCc1ccccn1. The number of rotatable bonds is 9. The number of nitrogens with one attached hydrogen (secondary N) is 2. The second-order valence-electron chi connectivity index (χ2n) is 22.6. The molecule has 3 saturated heterocycles. The van der Waals surface area contributed by atoms with Gasteiger partial charge in [0.05, 0.1) is 98.7 Å². The summed E-state index contributed by atoms with van der Waals surface area (Å²) in [4.78, 5) is 31.2. The van der Waals surface area contributed by atoms with Gasteiger partial charge in [0, 0.05) is 62.4 Å². The van der Waals surface area contributed by atoms with Gasteiger partial charge in [0.2, 0.25) is 11.7 Å². The molecule has 3 unspecified atom stereocenters. The Labute approximate surface area is 490 Å². The Kier molecular flexibility index (Phi) is 28.6. The monoisotopic (exact) mass is 1190 g/mol. The van der Waals surface area contributed by atoms with Crippen LogP contribution in [0.5, 0.6) is 0 Å². The van der Waals surface area contributed by atoms with Crippen LogP contribution in [0.15, 0.2) is 109 Å². The Morgan fingerprint density at radius 2 is 1.32 bits per heavy atom. The van der Waals surface area contributed by atoms with Crippen LogP contribution in [0.4, 0.5) is 0 Å². The van der Waals surface area contributed by atoms with E-state index in [-0.39, 0.29) is 38.1 Å². The summed E-state index contributed by atoms with van der Waals surface area (Å²) in [6.45, 7) is 5.54. The normalized spacial score (nSPS) is 40.7. The topological polar surface area (TPSA) is 400 Å². The quantitative estimate of drug-likeness (QED) is 0.129. The Morgan fingerprint density at radius 1 is 0.679 bits per heavy atom. The Balaban J connectivity index is 1.43. The molecule has 0 radical (unpaired) electrons. The molecule has 24 heteroatoms. The number of aliphatic hydroxyl groups excluding tert-OH is 12. The third-order valence-corrected chi connectivity index (χ3v) is 15.7. The molecule has 472 valence electrons. The largest absolute Gasteiger partial charge is 0.462 e. The predicted molar refractivity (Wildman–Crippen MR) is 303 cm³/mol. The Bertz CT molecular complexity index is 2360. The van der Waals surface area contributed by atoms with Crippen molar-refractivity contribution in [3.63, 3.8) is 0 Å². The first-order chi connectivity index (χ1) is 39.8. The number of aliphatic hydroxyl groups is 14. The van der Waals surface area contributed by atoms with E-state index in [1.165, 1.54) is 13.0 Å². The molecule has 3 fully saturated rings. The summed E-state index contributed by atoms with van der Waals surface area (Å²) in [5.41, 5.74) is 0.666. The van der Waals surface area contributed by atoms with Crippen molar-refractivity contribution in [2.24, 2.45) is 17.8 Å². The number of esters is 1. The number of hydrogen-bond donors (Lipinski definition) is 16. The zero-order valence-electron chi connectivity index (χ0n) is 48.1. The molecule has 0 spiro atoms. The predicted octanol–water partition coefficient (Wildman–Crippen LogP) is -1.19. The maximum Gasteiger partial charge on any atom is 0.308 e. The number of ether oxygens (including phenoxy) is 5. The van der Waals surface area contributed by atoms with Crippen molar-refractivity contribution in [2.75, 3.05) is 19.7 Å². The van der Waals surface area contributed by atoms with Crippen molar-refractivity contribution >= 4 is 11.9 Å². The molecule has 16 N–H and O–H groups in total. The lowest BCUT2D eigenvalue weighted by Gasteiger charge is -2.47. The van der Waals surface area contributed by atoms with Gasteiger partial charge in [-0.05, 0) is 45.2 Å². The van der Waals surface area contributed by atoms with E-state index in [1.807, 2.05) is 13.0 Å². The second kappa shape index (κ2) is 34.2. The first-order valence-electron chi connectivity index (χ1n) is 28.8. The van der Waals surface area contributed by atoms with E-state index < -0.39 is 184 Å². The number of carbonyl (C=O) groups is 2. The van der Waals surface area contributed by atoms with E-state index >= 15 is 0 Å². The number of amides is 1. The first kappa shape index (κ1) is 70.3. The summed E-state index contributed by atoms with van der Waals surface area (Å²) in [5.74, 6) is -8.47. The van der Waals surface area contributed by atoms with Gasteiger partial charge >= 0.3 is 5.97 Å². The molecule has 24 nitrogen and oxygen atoms in total. The van der Waals surface area contributed by atoms with Crippen LogP contribution in [0.1, 0.15) is 84.8 Å². The molecule has 5 rings (SSSR count). The fourth-order valence-corrected chi connectivity index (χ4v) is 10.5. The average Bonchev–Trinajstić information content (AvgIpc) is 3.51. The van der Waals surface area contributed by atoms with Crippen LogP contribution in [0, 0.1) is 17.8 Å². The molecule has 1 aromatic rings. The summed E-state index contributed by atoms with van der Waals surface area (Å²) in [6, 6.07) is 3.93. The number of pyridine rings is 1. The molecule has 1 aromatic heterocycles. The van der Waals surface area contributed by atoms with Gasteiger partial charge in [-0.15, -0.1) is 0 Å². The van der Waals surface area contributed by atoms with E-state index in [0.29, 0.717) is 12.1 Å². The molecule has 1 amide bonds. The number of carbonyl (C=O) groups excluding carboxylic acids is 2. The summed E-state index contributed by atoms with van der Waals surface area (Å²) >= 11 is 0. The van der Waals surface area contributed by atoms with Crippen molar-refractivity contribution < 1.29 is 105 Å². The van der Waals surface area contributed by atoms with Crippen molar-refractivity contribution in [2.45, 2.75) is 207 Å². The van der Waals surface area contributed by atoms with Crippen molar-refractivity contribution in [3.8, 4) is 0 Å². The molecule has 4 aliphatic rings. The van der Waals surface area contributed by atoms with Crippen LogP contribution in [-0.2, 0) is 39.7 Å². The van der Waals surface area contributed by atoms with Gasteiger partial charge < -0.3 is 106 Å². The highest BCUT2D eigenvalue weighted by Gasteiger charge is 2.53. The maximum absolute atomic E-state index is 14.2.